The summed E-state index contributed by atoms with van der Waals surface area (Å²) < 4.78 is 12.8. The minimum Gasteiger partial charge on any atom is -0.349 e. The van der Waals surface area contributed by atoms with Crippen LogP contribution in [0.3, 0.4) is 0 Å². The maximum Gasteiger partial charge on any atom is 0.254 e. The smallest absolute Gasteiger partial charge is 0.254 e. The van der Waals surface area contributed by atoms with Crippen molar-refractivity contribution in [2.24, 2.45) is 5.73 Å². The van der Waals surface area contributed by atoms with Crippen LogP contribution in [-0.4, -0.2) is 44.5 Å². The van der Waals surface area contributed by atoms with Crippen molar-refractivity contribution in [3.8, 4) is 0 Å². The van der Waals surface area contributed by atoms with Gasteiger partial charge in [-0.15, -0.1) is 0 Å². The Labute approximate surface area is 122 Å². The van der Waals surface area contributed by atoms with Gasteiger partial charge in [-0.3, -0.25) is 13.7 Å². The molecule has 0 saturated carbocycles. The van der Waals surface area contributed by atoms with Crippen LogP contribution in [0.4, 0.5) is 0 Å². The molecule has 114 valence electrons. The average molecular weight is 300 g/mol. The van der Waals surface area contributed by atoms with Crippen LogP contribution in [0.5, 0.6) is 0 Å². The van der Waals surface area contributed by atoms with Gasteiger partial charge < -0.3 is 11.1 Å². The fraction of sp³-hybridized carbons (Fsp3) is 0.692. The SMILES string of the molecule is Cc1c(C(=O)NC(C)CCS(C)=O)cnn1CCCN. The lowest BCUT2D eigenvalue weighted by molar-refractivity contribution is 0.0938. The van der Waals surface area contributed by atoms with Gasteiger partial charge in [0, 0.05) is 41.1 Å². The molecular weight excluding hydrogens is 276 g/mol. The topological polar surface area (TPSA) is 90.0 Å². The number of hydrogen-bond donors (Lipinski definition) is 2. The van der Waals surface area contributed by atoms with Crippen LogP contribution in [-0.2, 0) is 17.3 Å². The van der Waals surface area contributed by atoms with E-state index in [1.165, 1.54) is 0 Å². The van der Waals surface area contributed by atoms with Gasteiger partial charge in [0.2, 0.25) is 0 Å². The standard InChI is InChI=1S/C13H24N4O2S/c1-10(5-8-20(3)19)16-13(18)12-9-15-17(11(12)2)7-4-6-14/h9-10H,4-8,14H2,1-3H3,(H,16,18). The first-order valence-corrected chi connectivity index (χ1v) is 8.51. The Bertz CT molecular complexity index is 473. The Morgan fingerprint density at radius 2 is 2.30 bits per heavy atom. The number of carbonyl (C=O) groups excluding carboxylic acids is 1. The van der Waals surface area contributed by atoms with E-state index in [0.717, 1.165) is 18.7 Å². The van der Waals surface area contributed by atoms with Gasteiger partial charge in [-0.25, -0.2) is 0 Å². The summed E-state index contributed by atoms with van der Waals surface area (Å²) in [5.74, 6) is 0.465. The predicted molar refractivity (Wildman–Crippen MR) is 81.1 cm³/mol. The maximum atomic E-state index is 12.1. The highest BCUT2D eigenvalue weighted by molar-refractivity contribution is 7.84. The summed E-state index contributed by atoms with van der Waals surface area (Å²) in [5, 5.41) is 7.12. The number of hydrogen-bond acceptors (Lipinski definition) is 4. The third-order valence-electron chi connectivity index (χ3n) is 3.14. The number of nitrogens with zero attached hydrogens (tertiary/aromatic N) is 2. The van der Waals surface area contributed by atoms with Gasteiger partial charge in [0.25, 0.3) is 5.91 Å². The monoisotopic (exact) mass is 300 g/mol. The first kappa shape index (κ1) is 16.8. The van der Waals surface area contributed by atoms with Crippen molar-refractivity contribution in [3.05, 3.63) is 17.5 Å². The number of nitrogens with two attached hydrogens (primary N) is 1. The molecule has 0 fully saturated rings. The summed E-state index contributed by atoms with van der Waals surface area (Å²) >= 11 is 0. The van der Waals surface area contributed by atoms with E-state index < -0.39 is 10.8 Å². The van der Waals surface area contributed by atoms with Crippen molar-refractivity contribution in [1.29, 1.82) is 0 Å². The third kappa shape index (κ3) is 5.05. The van der Waals surface area contributed by atoms with Crippen molar-refractivity contribution in [1.82, 2.24) is 15.1 Å². The first-order chi connectivity index (χ1) is 9.45. The van der Waals surface area contributed by atoms with Gasteiger partial charge in [-0.1, -0.05) is 0 Å². The van der Waals surface area contributed by atoms with E-state index in [1.54, 1.807) is 17.1 Å². The van der Waals surface area contributed by atoms with Crippen molar-refractivity contribution in [3.63, 3.8) is 0 Å². The summed E-state index contributed by atoms with van der Waals surface area (Å²) in [6, 6.07) is -0.00167. The van der Waals surface area contributed by atoms with Gasteiger partial charge in [0.05, 0.1) is 11.8 Å². The van der Waals surface area contributed by atoms with Crippen molar-refractivity contribution >= 4 is 16.7 Å². The number of aromatic nitrogens is 2. The molecule has 3 N–H and O–H groups in total. The molecule has 1 aromatic heterocycles. The quantitative estimate of drug-likeness (QED) is 0.728. The molecule has 2 unspecified atom stereocenters. The number of aryl methyl sites for hydroxylation is 1. The Morgan fingerprint density at radius 1 is 1.60 bits per heavy atom. The summed E-state index contributed by atoms with van der Waals surface area (Å²) in [6.45, 7) is 5.12. The second-order valence-corrected chi connectivity index (χ2v) is 6.50. The zero-order valence-corrected chi connectivity index (χ0v) is 13.2. The molecular formula is C13H24N4O2S. The molecule has 1 rings (SSSR count). The first-order valence-electron chi connectivity index (χ1n) is 6.79. The molecule has 7 heteroatoms. The van der Waals surface area contributed by atoms with Crippen molar-refractivity contribution in [2.75, 3.05) is 18.6 Å². The molecule has 20 heavy (non-hydrogen) atoms. The summed E-state index contributed by atoms with van der Waals surface area (Å²) in [5.41, 5.74) is 6.91. The maximum absolute atomic E-state index is 12.1. The zero-order chi connectivity index (χ0) is 15.1. The van der Waals surface area contributed by atoms with E-state index in [9.17, 15) is 9.00 Å². The van der Waals surface area contributed by atoms with E-state index in [2.05, 4.69) is 10.4 Å². The highest BCUT2D eigenvalue weighted by atomic mass is 32.2. The molecule has 0 saturated heterocycles. The molecule has 1 aromatic rings. The molecule has 0 spiro atoms. The number of nitrogens with one attached hydrogen (secondary N) is 1. The summed E-state index contributed by atoms with van der Waals surface area (Å²) in [7, 11) is -0.829. The van der Waals surface area contributed by atoms with Gasteiger partial charge in [-0.2, -0.15) is 5.10 Å². The van der Waals surface area contributed by atoms with Gasteiger partial charge in [-0.05, 0) is 33.2 Å². The number of carbonyl (C=O) groups is 1. The molecule has 6 nitrogen and oxygen atoms in total. The second kappa shape index (κ2) is 8.16. The minimum atomic E-state index is -0.829. The molecule has 0 aromatic carbocycles. The van der Waals surface area contributed by atoms with Crippen molar-refractivity contribution in [2.45, 2.75) is 39.3 Å². The van der Waals surface area contributed by atoms with E-state index in [0.29, 0.717) is 24.3 Å². The largest absolute Gasteiger partial charge is 0.349 e. The van der Waals surface area contributed by atoms with Crippen LogP contribution in [0, 0.1) is 6.92 Å². The highest BCUT2D eigenvalue weighted by Gasteiger charge is 2.16. The van der Waals surface area contributed by atoms with Gasteiger partial charge in [0.15, 0.2) is 0 Å². The number of amides is 1. The molecule has 0 aliphatic rings. The lowest BCUT2D eigenvalue weighted by Crippen LogP contribution is -2.33. The minimum absolute atomic E-state index is 0.00167. The lowest BCUT2D eigenvalue weighted by Gasteiger charge is -2.13. The summed E-state index contributed by atoms with van der Waals surface area (Å²) in [6.07, 6.45) is 4.80. The molecule has 0 radical (unpaired) electrons. The van der Waals surface area contributed by atoms with E-state index >= 15 is 0 Å². The molecule has 1 heterocycles. The van der Waals surface area contributed by atoms with Crippen molar-refractivity contribution < 1.29 is 9.00 Å². The predicted octanol–water partition coefficient (Wildman–Crippen LogP) is 0.427. The van der Waals surface area contributed by atoms with E-state index in [1.807, 2.05) is 13.8 Å². The van der Waals surface area contributed by atoms with Gasteiger partial charge >= 0.3 is 0 Å². The van der Waals surface area contributed by atoms with Crippen LogP contribution in [0.15, 0.2) is 6.20 Å². The Hall–Kier alpha value is -1.21. The molecule has 0 bridgehead atoms. The van der Waals surface area contributed by atoms with Gasteiger partial charge in [0.1, 0.15) is 0 Å². The molecule has 0 aliphatic heterocycles. The van der Waals surface area contributed by atoms with E-state index in [4.69, 9.17) is 5.73 Å². The fourth-order valence-electron chi connectivity index (χ4n) is 1.85. The molecule has 2 atom stereocenters. The van der Waals surface area contributed by atoms with Crippen LogP contribution < -0.4 is 11.1 Å². The number of rotatable bonds is 8. The Balaban J connectivity index is 2.59. The fourth-order valence-corrected chi connectivity index (χ4v) is 2.54. The summed E-state index contributed by atoms with van der Waals surface area (Å²) in [4.78, 5) is 12.1. The van der Waals surface area contributed by atoms with Crippen LogP contribution in [0.1, 0.15) is 35.8 Å². The van der Waals surface area contributed by atoms with Crippen LogP contribution in [0.2, 0.25) is 0 Å². The highest BCUT2D eigenvalue weighted by Crippen LogP contribution is 2.08. The Kier molecular flexibility index (Phi) is 6.87. The van der Waals surface area contributed by atoms with E-state index in [-0.39, 0.29) is 11.9 Å². The van der Waals surface area contributed by atoms with Crippen LogP contribution in [0.25, 0.3) is 0 Å². The zero-order valence-electron chi connectivity index (χ0n) is 12.4. The molecule has 0 aliphatic carbocycles. The molecule has 1 amide bonds. The third-order valence-corrected chi connectivity index (χ3v) is 3.95. The normalized spacial score (nSPS) is 14.0. The lowest BCUT2D eigenvalue weighted by atomic mass is 10.2. The second-order valence-electron chi connectivity index (χ2n) is 4.95. The Morgan fingerprint density at radius 3 is 2.90 bits per heavy atom. The van der Waals surface area contributed by atoms with Crippen LogP contribution >= 0.6 is 0 Å². The average Bonchev–Trinajstić information content (AvgIpc) is 2.75.